The zero-order valence-corrected chi connectivity index (χ0v) is 10.8. The molecule has 0 heterocycles. The Balaban J connectivity index is 1.75. The van der Waals surface area contributed by atoms with Crippen molar-refractivity contribution in [3.63, 3.8) is 0 Å². The molecule has 104 valence electrons. The summed E-state index contributed by atoms with van der Waals surface area (Å²) in [5.41, 5.74) is 6.08. The Morgan fingerprint density at radius 3 is 2.89 bits per heavy atom. The molecule has 0 aromatic heterocycles. The number of hydrogen-bond acceptors (Lipinski definition) is 3. The molecule has 0 unspecified atom stereocenters. The number of hydrogen-bond donors (Lipinski definition) is 2. The van der Waals surface area contributed by atoms with Crippen LogP contribution in [0.1, 0.15) is 32.1 Å². The van der Waals surface area contributed by atoms with Crippen LogP contribution >= 0.6 is 0 Å². The molecule has 0 aliphatic heterocycles. The van der Waals surface area contributed by atoms with Gasteiger partial charge in [-0.2, -0.15) is 0 Å². The van der Waals surface area contributed by atoms with Gasteiger partial charge in [-0.05, 0) is 31.0 Å². The Kier molecular flexibility index (Phi) is 4.74. The fourth-order valence-electron chi connectivity index (χ4n) is 2.22. The van der Waals surface area contributed by atoms with Crippen molar-refractivity contribution in [1.82, 2.24) is 0 Å². The molecule has 1 aliphatic rings. The fourth-order valence-corrected chi connectivity index (χ4v) is 2.22. The average Bonchev–Trinajstić information content (AvgIpc) is 2.87. The van der Waals surface area contributed by atoms with Gasteiger partial charge in [0.15, 0.2) is 0 Å². The molecule has 5 heteroatoms. The first-order chi connectivity index (χ1) is 9.15. The van der Waals surface area contributed by atoms with Gasteiger partial charge >= 0.3 is 0 Å². The first kappa shape index (κ1) is 13.8. The van der Waals surface area contributed by atoms with Crippen LogP contribution in [0.4, 0.5) is 15.8 Å². The molecule has 0 radical (unpaired) electrons. The fraction of sp³-hybridized carbons (Fsp3) is 0.500. The van der Waals surface area contributed by atoms with Crippen molar-refractivity contribution in [3.8, 4) is 0 Å². The van der Waals surface area contributed by atoms with E-state index in [2.05, 4.69) is 5.32 Å². The molecule has 0 spiro atoms. The number of nitrogen functional groups attached to an aromatic ring is 1. The summed E-state index contributed by atoms with van der Waals surface area (Å²) in [7, 11) is 0. The maximum absolute atomic E-state index is 13.4. The highest BCUT2D eigenvalue weighted by atomic mass is 19.1. The second-order valence-corrected chi connectivity index (χ2v) is 4.81. The summed E-state index contributed by atoms with van der Waals surface area (Å²) in [4.78, 5) is 11.7. The second-order valence-electron chi connectivity index (χ2n) is 4.81. The largest absolute Gasteiger partial charge is 0.399 e. The van der Waals surface area contributed by atoms with Gasteiger partial charge in [0.1, 0.15) is 5.82 Å². The van der Waals surface area contributed by atoms with E-state index in [0.717, 1.165) is 12.8 Å². The summed E-state index contributed by atoms with van der Waals surface area (Å²) < 4.78 is 19.0. The molecule has 19 heavy (non-hydrogen) atoms. The van der Waals surface area contributed by atoms with Gasteiger partial charge < -0.3 is 15.8 Å². The molecule has 0 saturated heterocycles. The summed E-state index contributed by atoms with van der Waals surface area (Å²) >= 11 is 0. The highest BCUT2D eigenvalue weighted by Crippen LogP contribution is 2.21. The SMILES string of the molecule is Nc1ccc(F)c(NC(=O)CCOC2CCCC2)c1. The minimum atomic E-state index is -0.487. The van der Waals surface area contributed by atoms with Gasteiger partial charge in [-0.15, -0.1) is 0 Å². The quantitative estimate of drug-likeness (QED) is 0.805. The van der Waals surface area contributed by atoms with Gasteiger partial charge in [0.2, 0.25) is 5.91 Å². The number of anilines is 2. The maximum atomic E-state index is 13.4. The van der Waals surface area contributed by atoms with Crippen LogP contribution in [-0.4, -0.2) is 18.6 Å². The number of carbonyl (C=O) groups excluding carboxylic acids is 1. The zero-order valence-electron chi connectivity index (χ0n) is 10.8. The smallest absolute Gasteiger partial charge is 0.226 e. The van der Waals surface area contributed by atoms with Crippen LogP contribution in [0.25, 0.3) is 0 Å². The molecule has 1 amide bonds. The van der Waals surface area contributed by atoms with E-state index in [-0.39, 0.29) is 24.1 Å². The van der Waals surface area contributed by atoms with Crippen molar-refractivity contribution in [1.29, 1.82) is 0 Å². The lowest BCUT2D eigenvalue weighted by molar-refractivity contribution is -0.117. The lowest BCUT2D eigenvalue weighted by Gasteiger charge is -2.11. The minimum absolute atomic E-state index is 0.117. The van der Waals surface area contributed by atoms with Crippen molar-refractivity contribution in [2.24, 2.45) is 0 Å². The van der Waals surface area contributed by atoms with Crippen molar-refractivity contribution in [2.75, 3.05) is 17.7 Å². The predicted octanol–water partition coefficient (Wildman–Crippen LogP) is 2.70. The molecule has 3 N–H and O–H groups in total. The monoisotopic (exact) mass is 266 g/mol. The highest BCUT2D eigenvalue weighted by molar-refractivity contribution is 5.91. The second kappa shape index (κ2) is 6.52. The lowest BCUT2D eigenvalue weighted by Crippen LogP contribution is -2.17. The summed E-state index contributed by atoms with van der Waals surface area (Å²) in [5, 5.41) is 2.50. The Labute approximate surface area is 112 Å². The summed E-state index contributed by atoms with van der Waals surface area (Å²) in [5.74, 6) is -0.748. The van der Waals surface area contributed by atoms with Gasteiger partial charge in [0.05, 0.1) is 24.8 Å². The van der Waals surface area contributed by atoms with E-state index in [9.17, 15) is 9.18 Å². The number of nitrogens with one attached hydrogen (secondary N) is 1. The van der Waals surface area contributed by atoms with E-state index in [1.54, 1.807) is 0 Å². The zero-order chi connectivity index (χ0) is 13.7. The Morgan fingerprint density at radius 1 is 1.42 bits per heavy atom. The Morgan fingerprint density at radius 2 is 2.16 bits per heavy atom. The first-order valence-corrected chi connectivity index (χ1v) is 6.61. The number of amides is 1. The topological polar surface area (TPSA) is 64.3 Å². The lowest BCUT2D eigenvalue weighted by atomic mass is 10.2. The minimum Gasteiger partial charge on any atom is -0.399 e. The van der Waals surface area contributed by atoms with E-state index < -0.39 is 5.82 Å². The maximum Gasteiger partial charge on any atom is 0.226 e. The molecule has 0 bridgehead atoms. The van der Waals surface area contributed by atoms with Gasteiger partial charge in [-0.25, -0.2) is 4.39 Å². The highest BCUT2D eigenvalue weighted by Gasteiger charge is 2.15. The summed E-state index contributed by atoms with van der Waals surface area (Å²) in [6, 6.07) is 4.10. The van der Waals surface area contributed by atoms with Crippen LogP contribution in [-0.2, 0) is 9.53 Å². The molecule has 1 aromatic carbocycles. The van der Waals surface area contributed by atoms with Crippen molar-refractivity contribution in [2.45, 2.75) is 38.2 Å². The number of nitrogens with two attached hydrogens (primary N) is 1. The molecule has 1 fully saturated rings. The van der Waals surface area contributed by atoms with Crippen molar-refractivity contribution >= 4 is 17.3 Å². The van der Waals surface area contributed by atoms with Gasteiger partial charge in [-0.3, -0.25) is 4.79 Å². The molecular weight excluding hydrogens is 247 g/mol. The third kappa shape index (κ3) is 4.21. The summed E-state index contributed by atoms with van der Waals surface area (Å²) in [6.45, 7) is 0.375. The molecule has 0 atom stereocenters. The van der Waals surface area contributed by atoms with Crippen LogP contribution in [0.3, 0.4) is 0 Å². The average molecular weight is 266 g/mol. The number of benzene rings is 1. The number of halogens is 1. The predicted molar refractivity (Wildman–Crippen MR) is 72.3 cm³/mol. The molecule has 2 rings (SSSR count). The van der Waals surface area contributed by atoms with E-state index >= 15 is 0 Å². The molecular formula is C14H19FN2O2. The number of ether oxygens (including phenoxy) is 1. The number of carbonyl (C=O) groups is 1. The molecule has 4 nitrogen and oxygen atoms in total. The third-order valence-electron chi connectivity index (χ3n) is 3.25. The van der Waals surface area contributed by atoms with Gasteiger partial charge in [-0.1, -0.05) is 12.8 Å². The van der Waals surface area contributed by atoms with Crippen LogP contribution in [0.5, 0.6) is 0 Å². The van der Waals surface area contributed by atoms with Crippen molar-refractivity contribution < 1.29 is 13.9 Å². The van der Waals surface area contributed by atoms with E-state index in [0.29, 0.717) is 12.3 Å². The third-order valence-corrected chi connectivity index (χ3v) is 3.25. The van der Waals surface area contributed by atoms with E-state index in [1.165, 1.54) is 31.0 Å². The molecule has 1 saturated carbocycles. The summed E-state index contributed by atoms with van der Waals surface area (Å²) in [6.07, 6.45) is 5.06. The van der Waals surface area contributed by atoms with Gasteiger partial charge in [0.25, 0.3) is 0 Å². The Bertz CT molecular complexity index is 445. The van der Waals surface area contributed by atoms with Gasteiger partial charge in [0, 0.05) is 5.69 Å². The van der Waals surface area contributed by atoms with Crippen LogP contribution in [0.2, 0.25) is 0 Å². The standard InChI is InChI=1S/C14H19FN2O2/c15-12-6-5-10(16)9-13(12)17-14(18)7-8-19-11-3-1-2-4-11/h5-6,9,11H,1-4,7-8,16H2,(H,17,18). The normalized spacial score (nSPS) is 15.6. The van der Waals surface area contributed by atoms with Crippen molar-refractivity contribution in [3.05, 3.63) is 24.0 Å². The van der Waals surface area contributed by atoms with E-state index in [1.807, 2.05) is 0 Å². The first-order valence-electron chi connectivity index (χ1n) is 6.61. The van der Waals surface area contributed by atoms with Crippen LogP contribution in [0.15, 0.2) is 18.2 Å². The number of rotatable bonds is 5. The van der Waals surface area contributed by atoms with Crippen LogP contribution in [0, 0.1) is 5.82 Å². The van der Waals surface area contributed by atoms with E-state index in [4.69, 9.17) is 10.5 Å². The van der Waals surface area contributed by atoms with Crippen LogP contribution < -0.4 is 11.1 Å². The molecule has 1 aliphatic carbocycles. The Hall–Kier alpha value is -1.62. The molecule has 1 aromatic rings.